The van der Waals surface area contributed by atoms with Crippen LogP contribution < -0.4 is 116 Å². The van der Waals surface area contributed by atoms with Gasteiger partial charge in [0, 0.05) is 32.6 Å². The molecule has 0 radical (unpaired) electrons. The molecule has 0 aliphatic carbocycles. The zero-order valence-electron chi connectivity index (χ0n) is 65.5. The number of phenols is 1. The van der Waals surface area contributed by atoms with E-state index in [2.05, 4.69) is 73.5 Å². The predicted molar refractivity (Wildman–Crippen MR) is 424 cm³/mol. The van der Waals surface area contributed by atoms with E-state index in [-0.39, 0.29) is 146 Å². The number of hydrogen-bond acceptors (Lipinski definition) is 21. The number of nitrogens with two attached hydrogens (primary N) is 10. The second-order valence-electron chi connectivity index (χ2n) is 28.3. The molecule has 2 aromatic carbocycles. The minimum absolute atomic E-state index is 0.00867. The van der Waals surface area contributed by atoms with E-state index in [0.717, 1.165) is 0 Å². The average molecular weight is 1600 g/mol. The van der Waals surface area contributed by atoms with Crippen molar-refractivity contribution in [1.29, 1.82) is 0 Å². The van der Waals surface area contributed by atoms with Gasteiger partial charge >= 0.3 is 5.97 Å². The van der Waals surface area contributed by atoms with Crippen LogP contribution in [0, 0.1) is 11.8 Å². The summed E-state index contributed by atoms with van der Waals surface area (Å²) in [7, 11) is 0. The van der Waals surface area contributed by atoms with Crippen LogP contribution in [-0.4, -0.2) is 235 Å². The topological polar surface area (TPSA) is 712 Å². The Kier molecular flexibility index (Phi) is 44.1. The second-order valence-corrected chi connectivity index (χ2v) is 28.3. The first-order chi connectivity index (χ1) is 54.1. The number of carboxylic acids is 1. The van der Waals surface area contributed by atoms with Crippen LogP contribution in [0.15, 0.2) is 69.6 Å². The highest BCUT2D eigenvalue weighted by molar-refractivity contribution is 6.00. The van der Waals surface area contributed by atoms with Gasteiger partial charge in [-0.15, -0.1) is 0 Å². The molecule has 3 rings (SSSR count). The van der Waals surface area contributed by atoms with Crippen molar-refractivity contribution < 1.29 is 77.3 Å². The molecule has 2 aromatic rings. The zero-order chi connectivity index (χ0) is 85.0. The van der Waals surface area contributed by atoms with Crippen LogP contribution in [0.2, 0.25) is 0 Å². The molecule has 33 N–H and O–H groups in total. The fourth-order valence-corrected chi connectivity index (χ4v) is 12.1. The number of nitrogens with one attached hydrogen (secondary N) is 11. The summed E-state index contributed by atoms with van der Waals surface area (Å²) in [5.74, 6) is -14.6. The number of unbranched alkanes of at least 4 members (excludes halogenated alkanes) is 2. The Morgan fingerprint density at radius 3 is 1.45 bits per heavy atom. The molecule has 13 amide bonds. The van der Waals surface area contributed by atoms with E-state index < -0.39 is 175 Å². The normalized spacial score (nSPS) is 15.2. The molecule has 634 valence electrons. The number of aliphatic imine (C=N–C) groups is 3. The molecule has 41 heteroatoms. The van der Waals surface area contributed by atoms with Crippen LogP contribution in [0.4, 0.5) is 0 Å². The maximum Gasteiger partial charge on any atom is 0.305 e. The molecular formula is C73H121N25O16. The van der Waals surface area contributed by atoms with E-state index in [1.165, 1.54) is 17.0 Å². The SMILES string of the molecule is CC[C@H](C)[C@H](NC(=O)[C@H](CCCN=C(N)N)NC(=O)[C@H](CCCN=C(N)N)NC(=O)[C@@H](CC(=O)O)NC(=O)[C@H](Cc1ccccc1)NC(=O)CNC(=O)CNC(=O)[C@@H](N)Cc1ccc(O)cc1)C(=O)N[C@@H](CCCN=C(N)N)C(=O)N1CCC[C@H]1C(=O)N[C@@H](CCCCN)C(=O)N[C@@H](CC(C)C)C(=O)N[C@@H](CCCCN)C(N)=O. The first-order valence-corrected chi connectivity index (χ1v) is 38.3. The first kappa shape index (κ1) is 96.7. The number of aliphatic carboxylic acids is 1. The molecule has 41 nitrogen and oxygen atoms in total. The quantitative estimate of drug-likeness (QED) is 0.0166. The van der Waals surface area contributed by atoms with Crippen molar-refractivity contribution in [3.05, 3.63) is 65.7 Å². The van der Waals surface area contributed by atoms with Gasteiger partial charge in [0.25, 0.3) is 0 Å². The van der Waals surface area contributed by atoms with Crippen molar-refractivity contribution in [2.24, 2.45) is 84.1 Å². The molecule has 0 spiro atoms. The fourth-order valence-electron chi connectivity index (χ4n) is 12.1. The average Bonchev–Trinajstić information content (AvgIpc) is 1.60. The van der Waals surface area contributed by atoms with Crippen LogP contribution in [-0.2, 0) is 80.0 Å². The van der Waals surface area contributed by atoms with Crippen molar-refractivity contribution in [2.75, 3.05) is 52.4 Å². The van der Waals surface area contributed by atoms with Gasteiger partial charge in [0.2, 0.25) is 76.8 Å². The van der Waals surface area contributed by atoms with Gasteiger partial charge in [-0.25, -0.2) is 0 Å². The summed E-state index contributed by atoms with van der Waals surface area (Å²) < 4.78 is 0. The molecular weight excluding hydrogens is 1480 g/mol. The number of carbonyl (C=O) groups is 14. The minimum Gasteiger partial charge on any atom is -0.508 e. The molecule has 114 heavy (non-hydrogen) atoms. The Balaban J connectivity index is 1.97. The maximum atomic E-state index is 15.0. The third-order valence-corrected chi connectivity index (χ3v) is 18.4. The number of aromatic hydroxyl groups is 1. The highest BCUT2D eigenvalue weighted by Gasteiger charge is 2.42. The van der Waals surface area contributed by atoms with E-state index >= 15 is 4.79 Å². The zero-order valence-corrected chi connectivity index (χ0v) is 65.5. The summed E-state index contributed by atoms with van der Waals surface area (Å²) in [6.07, 6.45) is 1.17. The molecule has 0 unspecified atom stereocenters. The minimum atomic E-state index is -1.97. The van der Waals surface area contributed by atoms with E-state index in [1.54, 1.807) is 56.3 Å². The molecule has 0 bridgehead atoms. The lowest BCUT2D eigenvalue weighted by Gasteiger charge is -2.32. The summed E-state index contributed by atoms with van der Waals surface area (Å²) in [6, 6.07) is -1.18. The Morgan fingerprint density at radius 1 is 0.482 bits per heavy atom. The first-order valence-electron chi connectivity index (χ1n) is 38.3. The number of amides is 13. The Bertz CT molecular complexity index is 3580. The van der Waals surface area contributed by atoms with Crippen LogP contribution >= 0.6 is 0 Å². The Labute approximate surface area is 662 Å². The summed E-state index contributed by atoms with van der Waals surface area (Å²) in [4.78, 5) is 208. The van der Waals surface area contributed by atoms with Gasteiger partial charge in [-0.05, 0) is 151 Å². The number of likely N-dealkylation sites (tertiary alicyclic amines) is 1. The lowest BCUT2D eigenvalue weighted by atomic mass is 9.96. The van der Waals surface area contributed by atoms with Crippen LogP contribution in [0.1, 0.15) is 148 Å². The Morgan fingerprint density at radius 2 is 0.930 bits per heavy atom. The van der Waals surface area contributed by atoms with Crippen molar-refractivity contribution in [3.8, 4) is 5.75 Å². The van der Waals surface area contributed by atoms with Crippen molar-refractivity contribution in [1.82, 2.24) is 63.4 Å². The fraction of sp³-hybridized carbons (Fsp3) is 0.603. The number of hydrogen-bond donors (Lipinski definition) is 23. The van der Waals surface area contributed by atoms with E-state index in [1.807, 2.05) is 13.8 Å². The number of phenolic OH excluding ortho intramolecular Hbond substituents is 1. The third kappa shape index (κ3) is 37.2. The summed E-state index contributed by atoms with van der Waals surface area (Å²) in [5, 5.41) is 48.0. The highest BCUT2D eigenvalue weighted by Crippen LogP contribution is 2.22. The summed E-state index contributed by atoms with van der Waals surface area (Å²) >= 11 is 0. The van der Waals surface area contributed by atoms with Gasteiger partial charge in [-0.1, -0.05) is 76.6 Å². The lowest BCUT2D eigenvalue weighted by Crippen LogP contribution is -2.61. The van der Waals surface area contributed by atoms with Crippen molar-refractivity contribution in [2.45, 2.75) is 216 Å². The molecule has 1 aliphatic heterocycles. The predicted octanol–water partition coefficient (Wildman–Crippen LogP) is -6.44. The van der Waals surface area contributed by atoms with Gasteiger partial charge in [0.1, 0.15) is 66.2 Å². The smallest absolute Gasteiger partial charge is 0.305 e. The molecule has 1 saturated heterocycles. The number of carbonyl (C=O) groups excluding carboxylic acids is 13. The van der Waals surface area contributed by atoms with Gasteiger partial charge in [0.15, 0.2) is 17.9 Å². The number of guanidine groups is 3. The van der Waals surface area contributed by atoms with Gasteiger partial charge < -0.3 is 131 Å². The number of carboxylic acid groups (broad SMARTS) is 1. The van der Waals surface area contributed by atoms with E-state index in [9.17, 15) is 72.5 Å². The highest BCUT2D eigenvalue weighted by atomic mass is 16.4. The summed E-state index contributed by atoms with van der Waals surface area (Å²) in [5.41, 5.74) is 57.9. The van der Waals surface area contributed by atoms with Crippen molar-refractivity contribution in [3.63, 3.8) is 0 Å². The van der Waals surface area contributed by atoms with E-state index in [4.69, 9.17) is 57.3 Å². The molecule has 1 heterocycles. The number of rotatable bonds is 54. The lowest BCUT2D eigenvalue weighted by molar-refractivity contribution is -0.143. The molecule has 0 saturated carbocycles. The van der Waals surface area contributed by atoms with Crippen LogP contribution in [0.3, 0.4) is 0 Å². The largest absolute Gasteiger partial charge is 0.508 e. The standard InChI is InChI=1S/C73H121N25O16/c1-5-42(4)59(69(113)94-51(23-15-33-86-73(82)83)70(114)98-34-16-24-55(98)68(112)93-48(20-10-12-30-75)63(107)95-52(35-41(2)3)65(109)90-47(60(77)104)19-9-11-29-74)97-64(108)50(22-14-32-85-72(80)81)91-62(106)49(21-13-31-84-71(78)79)92-67(111)54(38-58(102)103)96-66(110)53(37-43-17-7-6-8-18-43)89-57(101)40-87-56(100)39-88-61(105)46(76)36-44-25-27-45(99)28-26-44/h6-8,17-18,25-28,41-42,46-55,59,99H,5,9-16,19-24,29-40,74-76H2,1-4H3,(H2,77,104)(H,87,100)(H,88,105)(H,89,101)(H,90,109)(H,91,106)(H,92,111)(H,93,112)(H,94,113)(H,95,107)(H,96,110)(H,97,108)(H,102,103)(H4,78,79,84)(H4,80,81,85)(H4,82,83,86)/t42-,46-,47-,48-,49-,50-,51-,52-,53-,54+,55-,59-/m0/s1. The van der Waals surface area contributed by atoms with Crippen LogP contribution in [0.5, 0.6) is 5.75 Å². The number of benzene rings is 2. The molecule has 1 fully saturated rings. The summed E-state index contributed by atoms with van der Waals surface area (Å²) in [6.45, 7) is 6.11. The van der Waals surface area contributed by atoms with Crippen LogP contribution in [0.25, 0.3) is 0 Å². The van der Waals surface area contributed by atoms with Gasteiger partial charge in [0.05, 0.1) is 25.6 Å². The monoisotopic (exact) mass is 1600 g/mol. The third-order valence-electron chi connectivity index (χ3n) is 18.4. The maximum absolute atomic E-state index is 15.0. The molecule has 12 atom stereocenters. The second kappa shape index (κ2) is 51.9. The molecule has 0 aromatic heterocycles. The van der Waals surface area contributed by atoms with Crippen molar-refractivity contribution >= 4 is 101 Å². The van der Waals surface area contributed by atoms with Gasteiger partial charge in [-0.3, -0.25) is 82.1 Å². The molecule has 1 aliphatic rings. The van der Waals surface area contributed by atoms with Gasteiger partial charge in [-0.2, -0.15) is 0 Å². The number of nitrogens with zero attached hydrogens (tertiary/aromatic N) is 4. The van der Waals surface area contributed by atoms with E-state index in [0.29, 0.717) is 49.8 Å². The Hall–Kier alpha value is -11.5. The number of primary amides is 1.